The van der Waals surface area contributed by atoms with Gasteiger partial charge in [0.15, 0.2) is 0 Å². The Morgan fingerprint density at radius 1 is 1.31 bits per heavy atom. The number of nitriles is 1. The summed E-state index contributed by atoms with van der Waals surface area (Å²) in [4.78, 5) is 44.4. The first-order chi connectivity index (χ1) is 17.1. The molecule has 9 heteroatoms. The Morgan fingerprint density at radius 3 is 2.72 bits per heavy atom. The fourth-order valence-corrected chi connectivity index (χ4v) is 6.25. The average molecular weight is 510 g/mol. The number of nitrogens with one attached hydrogen (secondary N) is 3. The van der Waals surface area contributed by atoms with Gasteiger partial charge in [0.2, 0.25) is 11.8 Å². The maximum Gasteiger partial charge on any atom is 0.271 e. The van der Waals surface area contributed by atoms with Crippen molar-refractivity contribution in [2.24, 2.45) is 11.3 Å². The Morgan fingerprint density at radius 2 is 2.08 bits per heavy atom. The van der Waals surface area contributed by atoms with E-state index in [1.807, 2.05) is 26.0 Å². The molecule has 0 bridgehead atoms. The lowest BCUT2D eigenvalue weighted by atomic mass is 9.67. The predicted molar refractivity (Wildman–Crippen MR) is 136 cm³/mol. The zero-order chi connectivity index (χ0) is 25.7. The van der Waals surface area contributed by atoms with Crippen LogP contribution in [0, 0.1) is 22.7 Å². The smallest absolute Gasteiger partial charge is 0.271 e. The highest BCUT2D eigenvalue weighted by Gasteiger charge is 2.52. The highest BCUT2D eigenvalue weighted by molar-refractivity contribution is 6.35. The summed E-state index contributed by atoms with van der Waals surface area (Å²) in [6, 6.07) is 7.95. The van der Waals surface area contributed by atoms with E-state index in [2.05, 4.69) is 21.7 Å². The lowest BCUT2D eigenvalue weighted by molar-refractivity contribution is -0.130. The number of hydrogen-bond donors (Lipinski definition) is 3. The molecule has 2 aromatic rings. The van der Waals surface area contributed by atoms with E-state index in [4.69, 9.17) is 11.6 Å². The minimum atomic E-state index is -0.795. The number of rotatable bonds is 5. The molecule has 3 fully saturated rings. The summed E-state index contributed by atoms with van der Waals surface area (Å²) in [6.07, 6.45) is 5.40. The number of carbonyl (C=O) groups is 3. The zero-order valence-electron chi connectivity index (χ0n) is 20.7. The van der Waals surface area contributed by atoms with Crippen molar-refractivity contribution in [1.29, 1.82) is 5.26 Å². The number of halogens is 1. The number of carbonyl (C=O) groups excluding carboxylic acids is 3. The summed E-state index contributed by atoms with van der Waals surface area (Å²) < 4.78 is 0. The Labute approximate surface area is 215 Å². The van der Waals surface area contributed by atoms with Crippen molar-refractivity contribution in [3.05, 3.63) is 35.0 Å². The van der Waals surface area contributed by atoms with E-state index in [1.165, 1.54) is 0 Å². The van der Waals surface area contributed by atoms with Crippen LogP contribution in [0.25, 0.3) is 10.9 Å². The third kappa shape index (κ3) is 4.57. The molecule has 36 heavy (non-hydrogen) atoms. The molecule has 1 aromatic carbocycles. The molecule has 1 aliphatic carbocycles. The van der Waals surface area contributed by atoms with Crippen LogP contribution in [0.15, 0.2) is 24.3 Å². The highest BCUT2D eigenvalue weighted by atomic mass is 35.5. The standard InChI is InChI=1S/C27H32ClN5O3/c1-26(2)10-7-17(23(34)32-26)11-18(14-29)30-24(35)21-13-27(8-4-9-27)15-33(21)25(36)20-12-16-5-3-6-19(28)22(16)31-20/h3,5-6,12,17-18,21,31H,4,7-11,13,15H2,1-2H3,(H,30,35)(H,32,34)/t17-,18-,21-/m0/s1. The summed E-state index contributed by atoms with van der Waals surface area (Å²) in [5, 5.41) is 17.0. The number of aromatic amines is 1. The van der Waals surface area contributed by atoms with E-state index in [-0.39, 0.29) is 41.0 Å². The summed E-state index contributed by atoms with van der Waals surface area (Å²) in [5.41, 5.74) is 0.788. The van der Waals surface area contributed by atoms with Crippen LogP contribution in [-0.2, 0) is 9.59 Å². The monoisotopic (exact) mass is 509 g/mol. The van der Waals surface area contributed by atoms with Gasteiger partial charge in [0.1, 0.15) is 17.8 Å². The summed E-state index contributed by atoms with van der Waals surface area (Å²) in [7, 11) is 0. The van der Waals surface area contributed by atoms with Gasteiger partial charge in [-0.15, -0.1) is 0 Å². The zero-order valence-corrected chi connectivity index (χ0v) is 21.5. The van der Waals surface area contributed by atoms with Crippen LogP contribution < -0.4 is 10.6 Å². The van der Waals surface area contributed by atoms with Gasteiger partial charge in [-0.2, -0.15) is 5.26 Å². The van der Waals surface area contributed by atoms with Gasteiger partial charge >= 0.3 is 0 Å². The molecule has 190 valence electrons. The third-order valence-corrected chi connectivity index (χ3v) is 8.58. The SMILES string of the molecule is CC1(C)CC[C@@H](C[C@@H](C#N)NC(=O)[C@@H]2CC3(CCC3)CN2C(=O)c2cc3cccc(Cl)c3[nH]2)C(=O)N1. The topological polar surface area (TPSA) is 118 Å². The number of para-hydroxylation sites is 1. The molecule has 0 radical (unpaired) electrons. The van der Waals surface area contributed by atoms with Gasteiger partial charge in [0.25, 0.3) is 5.91 Å². The second-order valence-electron chi connectivity index (χ2n) is 11.4. The highest BCUT2D eigenvalue weighted by Crippen LogP contribution is 2.50. The number of amides is 3. The number of fused-ring (bicyclic) bond motifs is 1. The van der Waals surface area contributed by atoms with Crippen LogP contribution in [0.1, 0.15) is 69.3 Å². The van der Waals surface area contributed by atoms with E-state index < -0.39 is 12.1 Å². The second-order valence-corrected chi connectivity index (χ2v) is 11.8. The molecule has 1 spiro atoms. The fourth-order valence-electron chi connectivity index (χ4n) is 6.02. The third-order valence-electron chi connectivity index (χ3n) is 8.26. The van der Waals surface area contributed by atoms with Gasteiger partial charge in [-0.25, -0.2) is 0 Å². The minimum Gasteiger partial charge on any atom is -0.351 e. The second kappa shape index (κ2) is 9.11. The van der Waals surface area contributed by atoms with Crippen molar-refractivity contribution in [1.82, 2.24) is 20.5 Å². The quantitative estimate of drug-likeness (QED) is 0.566. The first-order valence-electron chi connectivity index (χ1n) is 12.7. The molecular weight excluding hydrogens is 478 g/mol. The van der Waals surface area contributed by atoms with Crippen LogP contribution in [0.5, 0.6) is 0 Å². The number of likely N-dealkylation sites (tertiary alicyclic amines) is 1. The molecule has 5 rings (SSSR count). The Kier molecular flexibility index (Phi) is 6.24. The van der Waals surface area contributed by atoms with E-state index in [0.29, 0.717) is 35.6 Å². The van der Waals surface area contributed by atoms with Crippen molar-refractivity contribution >= 4 is 40.2 Å². The molecule has 1 aromatic heterocycles. The van der Waals surface area contributed by atoms with Gasteiger partial charge in [-0.3, -0.25) is 14.4 Å². The molecule has 3 heterocycles. The van der Waals surface area contributed by atoms with E-state index in [9.17, 15) is 19.6 Å². The minimum absolute atomic E-state index is 0.0433. The van der Waals surface area contributed by atoms with Gasteiger partial charge in [-0.1, -0.05) is 30.2 Å². The molecule has 3 amide bonds. The summed E-state index contributed by atoms with van der Waals surface area (Å²) >= 11 is 6.29. The Bertz CT molecular complexity index is 1260. The van der Waals surface area contributed by atoms with Crippen molar-refractivity contribution in [2.45, 2.75) is 76.4 Å². The van der Waals surface area contributed by atoms with E-state index >= 15 is 0 Å². The van der Waals surface area contributed by atoms with Crippen molar-refractivity contribution in [3.8, 4) is 6.07 Å². The maximum atomic E-state index is 13.6. The average Bonchev–Trinajstić information content (AvgIpc) is 3.43. The maximum absolute atomic E-state index is 13.6. The number of H-pyrrole nitrogens is 1. The molecule has 8 nitrogen and oxygen atoms in total. The summed E-state index contributed by atoms with van der Waals surface area (Å²) in [5.74, 6) is -0.972. The number of hydrogen-bond acceptors (Lipinski definition) is 4. The number of piperidine rings is 1. The van der Waals surface area contributed by atoms with Crippen LogP contribution in [0.2, 0.25) is 5.02 Å². The first-order valence-corrected chi connectivity index (χ1v) is 13.1. The largest absolute Gasteiger partial charge is 0.351 e. The van der Waals surface area contributed by atoms with Gasteiger partial charge < -0.3 is 20.5 Å². The molecule has 0 unspecified atom stereocenters. The molecular formula is C27H32ClN5O3. The van der Waals surface area contributed by atoms with Gasteiger partial charge in [-0.05, 0) is 69.9 Å². The number of benzene rings is 1. The lowest BCUT2D eigenvalue weighted by Gasteiger charge is -2.37. The predicted octanol–water partition coefficient (Wildman–Crippen LogP) is 3.91. The van der Waals surface area contributed by atoms with Crippen LogP contribution in [0.3, 0.4) is 0 Å². The van der Waals surface area contributed by atoms with Crippen LogP contribution in [-0.4, -0.2) is 51.8 Å². The lowest BCUT2D eigenvalue weighted by Crippen LogP contribution is -2.53. The number of nitrogens with zero attached hydrogens (tertiary/aromatic N) is 2. The molecule has 2 saturated heterocycles. The van der Waals surface area contributed by atoms with Crippen LogP contribution in [0.4, 0.5) is 0 Å². The Hall–Kier alpha value is -3.05. The normalized spacial score (nSPS) is 25.2. The molecule has 3 atom stereocenters. The van der Waals surface area contributed by atoms with Crippen molar-refractivity contribution in [2.75, 3.05) is 6.54 Å². The number of aromatic nitrogens is 1. The Balaban J connectivity index is 1.32. The first kappa shape index (κ1) is 24.6. The van der Waals surface area contributed by atoms with Gasteiger partial charge in [0, 0.05) is 23.4 Å². The molecule has 3 N–H and O–H groups in total. The fraction of sp³-hybridized carbons (Fsp3) is 0.556. The van der Waals surface area contributed by atoms with E-state index in [0.717, 1.165) is 31.1 Å². The van der Waals surface area contributed by atoms with E-state index in [1.54, 1.807) is 17.0 Å². The molecule has 2 aliphatic heterocycles. The van der Waals surface area contributed by atoms with Crippen molar-refractivity contribution < 1.29 is 14.4 Å². The van der Waals surface area contributed by atoms with Crippen molar-refractivity contribution in [3.63, 3.8) is 0 Å². The molecule has 1 saturated carbocycles. The van der Waals surface area contributed by atoms with Gasteiger partial charge in [0.05, 0.1) is 16.6 Å². The molecule has 3 aliphatic rings. The summed E-state index contributed by atoms with van der Waals surface area (Å²) in [6.45, 7) is 4.48. The van der Waals surface area contributed by atoms with Crippen LogP contribution >= 0.6 is 11.6 Å².